The fourth-order valence-corrected chi connectivity index (χ4v) is 2.75. The molecule has 0 atom stereocenters. The van der Waals surface area contributed by atoms with E-state index < -0.39 is 5.60 Å². The summed E-state index contributed by atoms with van der Waals surface area (Å²) in [6.07, 6.45) is 2.47. The van der Waals surface area contributed by atoms with Crippen LogP contribution in [0, 0.1) is 6.92 Å². The second kappa shape index (κ2) is 5.83. The predicted octanol–water partition coefficient (Wildman–Crippen LogP) is 1.32. The van der Waals surface area contributed by atoms with Crippen LogP contribution in [0.25, 0.3) is 0 Å². The van der Waals surface area contributed by atoms with Gasteiger partial charge >= 0.3 is 0 Å². The summed E-state index contributed by atoms with van der Waals surface area (Å²) in [5, 5.41) is 10.6. The summed E-state index contributed by atoms with van der Waals surface area (Å²) in [4.78, 5) is 2.34. The van der Waals surface area contributed by atoms with Gasteiger partial charge in [-0.15, -0.1) is 0 Å². The molecule has 1 heterocycles. The van der Waals surface area contributed by atoms with E-state index in [2.05, 4.69) is 36.1 Å². The van der Waals surface area contributed by atoms with E-state index in [9.17, 15) is 5.11 Å². The third-order valence-corrected chi connectivity index (χ3v) is 3.85. The predicted molar refractivity (Wildman–Crippen MR) is 74.6 cm³/mol. The van der Waals surface area contributed by atoms with Gasteiger partial charge in [0.05, 0.1) is 5.60 Å². The zero-order chi connectivity index (χ0) is 13.0. The lowest BCUT2D eigenvalue weighted by atomic mass is 9.85. The smallest absolute Gasteiger partial charge is 0.0712 e. The number of hydrogen-bond donors (Lipinski definition) is 2. The molecule has 0 aromatic heterocycles. The van der Waals surface area contributed by atoms with Gasteiger partial charge < -0.3 is 15.7 Å². The summed E-state index contributed by atoms with van der Waals surface area (Å²) >= 11 is 0. The maximum absolute atomic E-state index is 10.6. The zero-order valence-corrected chi connectivity index (χ0v) is 11.2. The van der Waals surface area contributed by atoms with Gasteiger partial charge in [-0.2, -0.15) is 0 Å². The Hall–Kier alpha value is -0.900. The molecule has 18 heavy (non-hydrogen) atoms. The van der Waals surface area contributed by atoms with Gasteiger partial charge in [0.15, 0.2) is 0 Å². The molecule has 0 radical (unpaired) electrons. The van der Waals surface area contributed by atoms with Crippen LogP contribution in [-0.2, 0) is 6.42 Å². The van der Waals surface area contributed by atoms with Crippen molar-refractivity contribution < 1.29 is 5.11 Å². The molecule has 1 fully saturated rings. The van der Waals surface area contributed by atoms with E-state index in [-0.39, 0.29) is 0 Å². The Bertz CT molecular complexity index is 384. The summed E-state index contributed by atoms with van der Waals surface area (Å²) in [6, 6.07) is 8.44. The van der Waals surface area contributed by atoms with Crippen LogP contribution < -0.4 is 5.73 Å². The van der Waals surface area contributed by atoms with Gasteiger partial charge in [-0.05, 0) is 25.3 Å². The van der Waals surface area contributed by atoms with Crippen molar-refractivity contribution in [1.29, 1.82) is 0 Å². The molecule has 3 N–H and O–H groups in total. The van der Waals surface area contributed by atoms with Gasteiger partial charge in [0.2, 0.25) is 0 Å². The molecule has 3 nitrogen and oxygen atoms in total. The second-order valence-electron chi connectivity index (χ2n) is 5.52. The third-order valence-electron chi connectivity index (χ3n) is 3.85. The number of nitrogens with zero attached hydrogens (tertiary/aromatic N) is 1. The second-order valence-corrected chi connectivity index (χ2v) is 5.52. The first kappa shape index (κ1) is 13.5. The lowest BCUT2D eigenvalue weighted by Crippen LogP contribution is -2.46. The van der Waals surface area contributed by atoms with Crippen molar-refractivity contribution in [3.8, 4) is 0 Å². The van der Waals surface area contributed by atoms with Crippen molar-refractivity contribution >= 4 is 0 Å². The number of piperidine rings is 1. The number of likely N-dealkylation sites (tertiary alicyclic amines) is 1. The summed E-state index contributed by atoms with van der Waals surface area (Å²) in [5.74, 6) is 0. The highest BCUT2D eigenvalue weighted by Gasteiger charge is 2.31. The molecule has 3 heteroatoms. The Morgan fingerprint density at radius 2 is 2.06 bits per heavy atom. The molecule has 0 spiro atoms. The van der Waals surface area contributed by atoms with E-state index in [1.807, 2.05) is 0 Å². The van der Waals surface area contributed by atoms with Crippen molar-refractivity contribution in [2.75, 3.05) is 26.2 Å². The molecule has 1 aromatic carbocycles. The highest BCUT2D eigenvalue weighted by molar-refractivity contribution is 5.23. The van der Waals surface area contributed by atoms with Crippen LogP contribution in [0.3, 0.4) is 0 Å². The lowest BCUT2D eigenvalue weighted by Gasteiger charge is -2.38. The van der Waals surface area contributed by atoms with Crippen LogP contribution >= 0.6 is 0 Å². The van der Waals surface area contributed by atoms with Gasteiger partial charge in [-0.25, -0.2) is 0 Å². The maximum atomic E-state index is 10.6. The highest BCUT2D eigenvalue weighted by atomic mass is 16.3. The SMILES string of the molecule is Cc1cccc(CC2(O)CCN(CCN)CC2)c1. The molecule has 100 valence electrons. The highest BCUT2D eigenvalue weighted by Crippen LogP contribution is 2.26. The van der Waals surface area contributed by atoms with Gasteiger partial charge in [-0.3, -0.25) is 0 Å². The van der Waals surface area contributed by atoms with Crippen molar-refractivity contribution in [1.82, 2.24) is 4.90 Å². The quantitative estimate of drug-likeness (QED) is 0.845. The normalized spacial score (nSPS) is 19.9. The summed E-state index contributed by atoms with van der Waals surface area (Å²) in [6.45, 7) is 5.66. The maximum Gasteiger partial charge on any atom is 0.0712 e. The molecular formula is C15H24N2O. The molecule has 0 saturated carbocycles. The molecule has 0 amide bonds. The lowest BCUT2D eigenvalue weighted by molar-refractivity contribution is -0.0198. The topological polar surface area (TPSA) is 49.5 Å². The summed E-state index contributed by atoms with van der Waals surface area (Å²) in [5.41, 5.74) is 7.54. The minimum atomic E-state index is -0.529. The number of benzene rings is 1. The standard InChI is InChI=1S/C15H24N2O/c1-13-3-2-4-14(11-13)12-15(18)5-8-17(9-6-15)10-7-16/h2-4,11,18H,5-10,12,16H2,1H3. The Kier molecular flexibility index (Phi) is 4.38. The van der Waals surface area contributed by atoms with Crippen molar-refractivity contribution in [3.05, 3.63) is 35.4 Å². The fourth-order valence-electron chi connectivity index (χ4n) is 2.75. The van der Waals surface area contributed by atoms with Crippen molar-refractivity contribution in [3.63, 3.8) is 0 Å². The van der Waals surface area contributed by atoms with Gasteiger partial charge in [0, 0.05) is 32.6 Å². The molecule has 1 aliphatic rings. The van der Waals surface area contributed by atoms with E-state index >= 15 is 0 Å². The molecular weight excluding hydrogens is 224 g/mol. The third kappa shape index (κ3) is 3.55. The average molecular weight is 248 g/mol. The van der Waals surface area contributed by atoms with E-state index in [0.717, 1.165) is 38.9 Å². The Morgan fingerprint density at radius 1 is 1.33 bits per heavy atom. The van der Waals surface area contributed by atoms with E-state index in [1.165, 1.54) is 11.1 Å². The number of nitrogens with two attached hydrogens (primary N) is 1. The first-order valence-electron chi connectivity index (χ1n) is 6.82. The first-order valence-corrected chi connectivity index (χ1v) is 6.82. The Labute approximate surface area is 110 Å². The van der Waals surface area contributed by atoms with E-state index in [0.29, 0.717) is 6.54 Å². The van der Waals surface area contributed by atoms with Crippen LogP contribution in [0.5, 0.6) is 0 Å². The van der Waals surface area contributed by atoms with E-state index in [4.69, 9.17) is 5.73 Å². The monoisotopic (exact) mass is 248 g/mol. The number of hydrogen-bond acceptors (Lipinski definition) is 3. The molecule has 1 aliphatic heterocycles. The number of aryl methyl sites for hydroxylation is 1. The van der Waals surface area contributed by atoms with Gasteiger partial charge in [0.25, 0.3) is 0 Å². The van der Waals surface area contributed by atoms with Crippen LogP contribution in [0.15, 0.2) is 24.3 Å². The Balaban J connectivity index is 1.93. The largest absolute Gasteiger partial charge is 0.389 e. The van der Waals surface area contributed by atoms with Crippen LogP contribution in [0.2, 0.25) is 0 Å². The van der Waals surface area contributed by atoms with Crippen LogP contribution in [0.4, 0.5) is 0 Å². The first-order chi connectivity index (χ1) is 8.61. The minimum Gasteiger partial charge on any atom is -0.389 e. The van der Waals surface area contributed by atoms with E-state index in [1.54, 1.807) is 0 Å². The number of aliphatic hydroxyl groups is 1. The fraction of sp³-hybridized carbons (Fsp3) is 0.600. The van der Waals surface area contributed by atoms with Gasteiger partial charge in [0.1, 0.15) is 0 Å². The molecule has 0 unspecified atom stereocenters. The van der Waals surface area contributed by atoms with Crippen LogP contribution in [0.1, 0.15) is 24.0 Å². The number of rotatable bonds is 4. The molecule has 1 saturated heterocycles. The zero-order valence-electron chi connectivity index (χ0n) is 11.2. The van der Waals surface area contributed by atoms with Gasteiger partial charge in [-0.1, -0.05) is 29.8 Å². The molecule has 1 aromatic rings. The van der Waals surface area contributed by atoms with Crippen molar-refractivity contribution in [2.24, 2.45) is 5.73 Å². The van der Waals surface area contributed by atoms with Crippen LogP contribution in [-0.4, -0.2) is 41.8 Å². The summed E-state index contributed by atoms with van der Waals surface area (Å²) < 4.78 is 0. The minimum absolute atomic E-state index is 0.529. The molecule has 0 aliphatic carbocycles. The molecule has 2 rings (SSSR count). The van der Waals surface area contributed by atoms with Crippen molar-refractivity contribution in [2.45, 2.75) is 31.8 Å². The average Bonchev–Trinajstić information content (AvgIpc) is 2.32. The molecule has 0 bridgehead atoms. The summed E-state index contributed by atoms with van der Waals surface area (Å²) in [7, 11) is 0. The Morgan fingerprint density at radius 3 is 2.67 bits per heavy atom.